The summed E-state index contributed by atoms with van der Waals surface area (Å²) < 4.78 is 7.64. The monoisotopic (exact) mass is 414 g/mol. The molecule has 2 aromatic heterocycles. The van der Waals surface area contributed by atoms with Gasteiger partial charge < -0.3 is 20.0 Å². The Bertz CT molecular complexity index is 1380. The Morgan fingerprint density at radius 1 is 0.968 bits per heavy atom. The van der Waals surface area contributed by atoms with Gasteiger partial charge in [-0.3, -0.25) is 14.9 Å². The number of aromatic amines is 1. The number of imide groups is 1. The van der Waals surface area contributed by atoms with Crippen LogP contribution in [0.15, 0.2) is 54.9 Å². The highest BCUT2D eigenvalue weighted by atomic mass is 16.5. The zero-order valence-electron chi connectivity index (χ0n) is 17.1. The fourth-order valence-electron chi connectivity index (χ4n) is 4.38. The van der Waals surface area contributed by atoms with Crippen molar-refractivity contribution in [1.29, 1.82) is 0 Å². The summed E-state index contributed by atoms with van der Waals surface area (Å²) >= 11 is 0. The number of aryl methyl sites for hydroxylation is 1. The van der Waals surface area contributed by atoms with E-state index in [1.165, 1.54) is 0 Å². The summed E-state index contributed by atoms with van der Waals surface area (Å²) in [5.41, 5.74) is 9.68. The lowest BCUT2D eigenvalue weighted by Gasteiger charge is -2.08. The number of hydrogen-bond donors (Lipinski definition) is 3. The zero-order valence-corrected chi connectivity index (χ0v) is 17.1. The number of nitrogens with zero attached hydrogens (tertiary/aromatic N) is 1. The predicted octanol–water partition coefficient (Wildman–Crippen LogP) is 3.05. The highest BCUT2D eigenvalue weighted by molar-refractivity contribution is 6.50. The largest absolute Gasteiger partial charge is 0.495 e. The summed E-state index contributed by atoms with van der Waals surface area (Å²) in [6.45, 7) is 1.23. The van der Waals surface area contributed by atoms with Crippen molar-refractivity contribution >= 4 is 44.8 Å². The number of ether oxygens (including phenoxy) is 1. The molecule has 0 unspecified atom stereocenters. The highest BCUT2D eigenvalue weighted by Crippen LogP contribution is 2.40. The summed E-state index contributed by atoms with van der Waals surface area (Å²) in [5, 5.41) is 4.24. The minimum absolute atomic E-state index is 0.375. The number of carbonyl (C=O) groups is 2. The van der Waals surface area contributed by atoms with Crippen molar-refractivity contribution < 1.29 is 14.3 Å². The van der Waals surface area contributed by atoms with Gasteiger partial charge in [0.05, 0.1) is 23.8 Å². The molecule has 7 nitrogen and oxygen atoms in total. The predicted molar refractivity (Wildman–Crippen MR) is 120 cm³/mol. The lowest BCUT2D eigenvalue weighted by molar-refractivity contribution is -0.122. The smallest absolute Gasteiger partial charge is 0.259 e. The Hall–Kier alpha value is -3.84. The SMILES string of the molecule is COc1cccc2c(C3=C(c4c[nH]c5ccccc45)C(=O)NC3=O)cn(CCCN)c12. The Morgan fingerprint density at radius 2 is 1.71 bits per heavy atom. The summed E-state index contributed by atoms with van der Waals surface area (Å²) in [7, 11) is 1.62. The molecule has 3 heterocycles. The average molecular weight is 414 g/mol. The van der Waals surface area contributed by atoms with E-state index in [1.54, 1.807) is 13.3 Å². The molecule has 4 N–H and O–H groups in total. The van der Waals surface area contributed by atoms with Gasteiger partial charge in [0, 0.05) is 46.4 Å². The number of hydrogen-bond acceptors (Lipinski definition) is 4. The molecule has 0 spiro atoms. The molecule has 5 rings (SSSR count). The molecule has 156 valence electrons. The van der Waals surface area contributed by atoms with E-state index in [2.05, 4.69) is 10.3 Å². The topological polar surface area (TPSA) is 102 Å². The number of rotatable bonds is 6. The number of H-pyrrole nitrogens is 1. The number of amides is 2. The third-order valence-corrected chi connectivity index (χ3v) is 5.74. The summed E-state index contributed by atoms with van der Waals surface area (Å²) in [6, 6.07) is 13.4. The number of nitrogens with one attached hydrogen (secondary N) is 2. The molecule has 1 aliphatic heterocycles. The second kappa shape index (κ2) is 7.45. The van der Waals surface area contributed by atoms with Crippen LogP contribution in [-0.4, -0.2) is 35.0 Å². The molecule has 7 heteroatoms. The lowest BCUT2D eigenvalue weighted by Crippen LogP contribution is -2.22. The molecule has 0 bridgehead atoms. The quantitative estimate of drug-likeness (QED) is 0.422. The van der Waals surface area contributed by atoms with Crippen molar-refractivity contribution in [1.82, 2.24) is 14.9 Å². The fourth-order valence-corrected chi connectivity index (χ4v) is 4.38. The Balaban J connectivity index is 1.81. The molecular weight excluding hydrogens is 392 g/mol. The van der Waals surface area contributed by atoms with E-state index in [4.69, 9.17) is 10.5 Å². The molecule has 31 heavy (non-hydrogen) atoms. The number of methoxy groups -OCH3 is 1. The molecular formula is C24H22N4O3. The van der Waals surface area contributed by atoms with E-state index in [0.717, 1.165) is 28.2 Å². The van der Waals surface area contributed by atoms with Gasteiger partial charge in [0.2, 0.25) is 0 Å². The number of aromatic nitrogens is 2. The van der Waals surface area contributed by atoms with Crippen molar-refractivity contribution in [3.8, 4) is 5.75 Å². The van der Waals surface area contributed by atoms with Crippen LogP contribution in [-0.2, 0) is 16.1 Å². The molecule has 0 radical (unpaired) electrons. The van der Waals surface area contributed by atoms with Crippen LogP contribution < -0.4 is 15.8 Å². The summed E-state index contributed by atoms with van der Waals surface area (Å²) in [5.74, 6) is -0.0822. The minimum Gasteiger partial charge on any atom is -0.495 e. The number of para-hydroxylation sites is 2. The normalized spacial score (nSPS) is 14.1. The molecule has 4 aromatic rings. The number of carbonyl (C=O) groups excluding carboxylic acids is 2. The first kappa shape index (κ1) is 19.1. The van der Waals surface area contributed by atoms with Crippen molar-refractivity contribution in [2.24, 2.45) is 5.73 Å². The van der Waals surface area contributed by atoms with Crippen LogP contribution in [0.25, 0.3) is 33.0 Å². The van der Waals surface area contributed by atoms with E-state index >= 15 is 0 Å². The maximum atomic E-state index is 13.0. The molecule has 1 aliphatic rings. The molecule has 2 aromatic carbocycles. The van der Waals surface area contributed by atoms with Gasteiger partial charge in [0.15, 0.2) is 0 Å². The van der Waals surface area contributed by atoms with Gasteiger partial charge in [0.1, 0.15) is 5.75 Å². The van der Waals surface area contributed by atoms with Crippen LogP contribution in [0.2, 0.25) is 0 Å². The van der Waals surface area contributed by atoms with Gasteiger partial charge in [-0.1, -0.05) is 30.3 Å². The third-order valence-electron chi connectivity index (χ3n) is 5.74. The molecule has 0 fully saturated rings. The summed E-state index contributed by atoms with van der Waals surface area (Å²) in [6.07, 6.45) is 4.48. The van der Waals surface area contributed by atoms with Crippen molar-refractivity contribution in [2.45, 2.75) is 13.0 Å². The first-order valence-electron chi connectivity index (χ1n) is 10.2. The number of benzene rings is 2. The first-order valence-corrected chi connectivity index (χ1v) is 10.2. The van der Waals surface area contributed by atoms with E-state index < -0.39 is 11.8 Å². The van der Waals surface area contributed by atoms with E-state index in [-0.39, 0.29) is 0 Å². The van der Waals surface area contributed by atoms with Gasteiger partial charge in [-0.25, -0.2) is 0 Å². The molecule has 0 saturated carbocycles. The fraction of sp³-hybridized carbons (Fsp3) is 0.167. The van der Waals surface area contributed by atoms with Crippen molar-refractivity contribution in [3.63, 3.8) is 0 Å². The van der Waals surface area contributed by atoms with Crippen LogP contribution >= 0.6 is 0 Å². The van der Waals surface area contributed by atoms with Gasteiger partial charge in [-0.2, -0.15) is 0 Å². The van der Waals surface area contributed by atoms with Crippen LogP contribution in [0.4, 0.5) is 0 Å². The number of nitrogens with two attached hydrogens (primary N) is 1. The first-order chi connectivity index (χ1) is 15.1. The summed E-state index contributed by atoms with van der Waals surface area (Å²) in [4.78, 5) is 29.1. The zero-order chi connectivity index (χ0) is 21.5. The highest BCUT2D eigenvalue weighted by Gasteiger charge is 2.35. The Labute approximate surface area is 178 Å². The van der Waals surface area contributed by atoms with E-state index in [1.807, 2.05) is 53.2 Å². The van der Waals surface area contributed by atoms with Crippen LogP contribution in [0.5, 0.6) is 5.75 Å². The van der Waals surface area contributed by atoms with E-state index in [9.17, 15) is 9.59 Å². The average Bonchev–Trinajstić information content (AvgIpc) is 3.45. The molecule has 0 saturated heterocycles. The van der Waals surface area contributed by atoms with Gasteiger partial charge in [0.25, 0.3) is 11.8 Å². The Kier molecular flexibility index (Phi) is 4.60. The van der Waals surface area contributed by atoms with Gasteiger partial charge >= 0.3 is 0 Å². The third kappa shape index (κ3) is 2.93. The minimum atomic E-state index is -0.397. The maximum absolute atomic E-state index is 13.0. The molecule has 0 atom stereocenters. The van der Waals surface area contributed by atoms with Crippen LogP contribution in [0, 0.1) is 0 Å². The maximum Gasteiger partial charge on any atom is 0.259 e. The molecule has 2 amide bonds. The second-order valence-electron chi connectivity index (χ2n) is 7.52. The van der Waals surface area contributed by atoms with Crippen molar-refractivity contribution in [3.05, 3.63) is 66.0 Å². The van der Waals surface area contributed by atoms with Crippen LogP contribution in [0.3, 0.4) is 0 Å². The molecule has 0 aliphatic carbocycles. The lowest BCUT2D eigenvalue weighted by atomic mass is 9.95. The van der Waals surface area contributed by atoms with Crippen LogP contribution in [0.1, 0.15) is 17.5 Å². The number of fused-ring (bicyclic) bond motifs is 2. The van der Waals surface area contributed by atoms with Crippen molar-refractivity contribution in [2.75, 3.05) is 13.7 Å². The Morgan fingerprint density at radius 3 is 2.48 bits per heavy atom. The standard InChI is InChI=1S/C24H22N4O3/c1-31-19-9-4-7-15-17(13-28(22(15)19)11-5-10-25)21-20(23(29)27-24(21)30)16-12-26-18-8-3-2-6-14(16)18/h2-4,6-9,12-13,26H,5,10-11,25H2,1H3,(H,27,29,30). The van der Waals surface area contributed by atoms with Gasteiger partial charge in [-0.15, -0.1) is 0 Å². The second-order valence-corrected chi connectivity index (χ2v) is 7.52. The van der Waals surface area contributed by atoms with E-state index in [0.29, 0.717) is 41.1 Å². The van der Waals surface area contributed by atoms with Gasteiger partial charge in [-0.05, 0) is 25.1 Å².